The van der Waals surface area contributed by atoms with Crippen LogP contribution in [0.15, 0.2) is 85.1 Å². The predicted molar refractivity (Wildman–Crippen MR) is 154 cm³/mol. The summed E-state index contributed by atoms with van der Waals surface area (Å²) in [6.07, 6.45) is 1.02. The third-order valence-electron chi connectivity index (χ3n) is 7.11. The van der Waals surface area contributed by atoms with Gasteiger partial charge in [-0.05, 0) is 49.2 Å². The molecule has 1 aliphatic heterocycles. The second-order valence-corrected chi connectivity index (χ2v) is 12.7. The Morgan fingerprint density at radius 2 is 1.74 bits per heavy atom. The maximum atomic E-state index is 13.6. The Bertz CT molecular complexity index is 1690. The van der Waals surface area contributed by atoms with Crippen LogP contribution in [-0.2, 0) is 14.6 Å². The van der Waals surface area contributed by atoms with Crippen molar-refractivity contribution in [2.75, 3.05) is 16.5 Å². The van der Waals surface area contributed by atoms with Gasteiger partial charge in [0.2, 0.25) is 0 Å². The minimum Gasteiger partial charge on any atom is -0.484 e. The van der Waals surface area contributed by atoms with Gasteiger partial charge in [-0.1, -0.05) is 48.5 Å². The molecular weight excluding hydrogens is 566 g/mol. The van der Waals surface area contributed by atoms with Crippen molar-refractivity contribution in [3.05, 3.63) is 96.2 Å². The van der Waals surface area contributed by atoms with Gasteiger partial charge in [-0.3, -0.25) is 9.59 Å². The van der Waals surface area contributed by atoms with Crippen LogP contribution in [0.3, 0.4) is 0 Å². The number of rotatable bonds is 9. The molecule has 2 amide bonds. The van der Waals surface area contributed by atoms with E-state index in [1.807, 2.05) is 6.07 Å². The van der Waals surface area contributed by atoms with E-state index in [4.69, 9.17) is 4.74 Å². The summed E-state index contributed by atoms with van der Waals surface area (Å²) in [6, 6.07) is 21.1. The van der Waals surface area contributed by atoms with Crippen LogP contribution in [0.4, 0.5) is 8.78 Å². The highest BCUT2D eigenvalue weighted by Gasteiger charge is 2.38. The molecule has 1 saturated heterocycles. The van der Waals surface area contributed by atoms with Gasteiger partial charge in [-0.2, -0.15) is 18.7 Å². The standard InChI is InChI=1S/C30H30F2N4O5S/c1-20(34-29(38)30(2,31)32)27(21-9-5-3-6-10-21)41-25-13-14-26-23(17-25)18-33-36(26)35(24-15-16-42(39,40)19-24)28(37)22-11-7-4-8-12-22/h3-14,17-18,20,24,27H,15-16,19H2,1-2H3,(H,34,38)/t20-,24?,27-/m0/s1. The van der Waals surface area contributed by atoms with Gasteiger partial charge in [-0.15, -0.1) is 0 Å². The molecule has 3 atom stereocenters. The second kappa shape index (κ2) is 11.5. The van der Waals surface area contributed by atoms with Crippen molar-refractivity contribution in [1.82, 2.24) is 15.2 Å². The van der Waals surface area contributed by atoms with E-state index >= 15 is 0 Å². The highest BCUT2D eigenvalue weighted by atomic mass is 32.2. The van der Waals surface area contributed by atoms with Crippen molar-refractivity contribution >= 4 is 32.6 Å². The van der Waals surface area contributed by atoms with Crippen LogP contribution in [-0.4, -0.2) is 59.6 Å². The van der Waals surface area contributed by atoms with Crippen molar-refractivity contribution < 1.29 is 31.5 Å². The number of nitrogens with one attached hydrogen (secondary N) is 1. The molecule has 1 fully saturated rings. The van der Waals surface area contributed by atoms with Gasteiger partial charge in [-0.25, -0.2) is 13.4 Å². The van der Waals surface area contributed by atoms with E-state index in [1.165, 1.54) is 16.0 Å². The second-order valence-electron chi connectivity index (χ2n) is 10.4. The average Bonchev–Trinajstić information content (AvgIpc) is 3.54. The SMILES string of the molecule is C[C@H](NC(=O)C(C)(F)F)[C@H](Oc1ccc2c(cnn2N(C(=O)c2ccccc2)C2CCS(=O)(=O)C2)c1)c1ccccc1. The van der Waals surface area contributed by atoms with E-state index < -0.39 is 39.9 Å². The summed E-state index contributed by atoms with van der Waals surface area (Å²) in [5, 5.41) is 8.77. The molecule has 0 radical (unpaired) electrons. The number of nitrogens with zero attached hydrogens (tertiary/aromatic N) is 3. The summed E-state index contributed by atoms with van der Waals surface area (Å²) < 4.78 is 58.1. The number of sulfone groups is 1. The van der Waals surface area contributed by atoms with Crippen LogP contribution in [0.5, 0.6) is 5.75 Å². The monoisotopic (exact) mass is 596 g/mol. The molecule has 1 aliphatic rings. The zero-order chi connectivity index (χ0) is 30.1. The molecule has 9 nitrogen and oxygen atoms in total. The molecular formula is C30H30F2N4O5S. The minimum absolute atomic E-state index is 0.0208. The van der Waals surface area contributed by atoms with E-state index in [2.05, 4.69) is 10.4 Å². The number of carbonyl (C=O) groups is 2. The van der Waals surface area contributed by atoms with Crippen molar-refractivity contribution in [3.8, 4) is 5.75 Å². The lowest BCUT2D eigenvalue weighted by Gasteiger charge is -2.29. The van der Waals surface area contributed by atoms with Gasteiger partial charge in [0.05, 0.1) is 35.3 Å². The first kappa shape index (κ1) is 29.2. The first-order valence-corrected chi connectivity index (χ1v) is 15.2. The van der Waals surface area contributed by atoms with Crippen molar-refractivity contribution in [2.45, 2.75) is 44.4 Å². The third-order valence-corrected chi connectivity index (χ3v) is 8.86. The van der Waals surface area contributed by atoms with Crippen LogP contribution < -0.4 is 15.1 Å². The normalized spacial score (nSPS) is 17.9. The summed E-state index contributed by atoms with van der Waals surface area (Å²) >= 11 is 0. The van der Waals surface area contributed by atoms with Gasteiger partial charge >= 0.3 is 5.92 Å². The molecule has 4 aromatic rings. The number of ether oxygens (including phenoxy) is 1. The number of hydrogen-bond donors (Lipinski definition) is 1. The molecule has 1 N–H and O–H groups in total. The lowest BCUT2D eigenvalue weighted by molar-refractivity contribution is -0.144. The first-order chi connectivity index (χ1) is 19.9. The number of benzene rings is 3. The molecule has 0 spiro atoms. The highest BCUT2D eigenvalue weighted by Crippen LogP contribution is 2.30. The smallest absolute Gasteiger partial charge is 0.321 e. The highest BCUT2D eigenvalue weighted by molar-refractivity contribution is 7.91. The zero-order valence-electron chi connectivity index (χ0n) is 23.0. The quantitative estimate of drug-likeness (QED) is 0.309. The Hall–Kier alpha value is -4.32. The van der Waals surface area contributed by atoms with Gasteiger partial charge in [0.25, 0.3) is 11.8 Å². The van der Waals surface area contributed by atoms with E-state index in [1.54, 1.807) is 79.7 Å². The number of aromatic nitrogens is 2. The zero-order valence-corrected chi connectivity index (χ0v) is 23.8. The Morgan fingerprint density at radius 3 is 2.36 bits per heavy atom. The maximum absolute atomic E-state index is 13.6. The number of carbonyl (C=O) groups excluding carboxylic acids is 2. The lowest BCUT2D eigenvalue weighted by Crippen LogP contribution is -2.49. The molecule has 220 valence electrons. The third kappa shape index (κ3) is 6.28. The van der Waals surface area contributed by atoms with E-state index in [9.17, 15) is 26.8 Å². The fourth-order valence-corrected chi connectivity index (χ4v) is 6.68. The van der Waals surface area contributed by atoms with Crippen molar-refractivity contribution in [1.29, 1.82) is 0 Å². The Labute approximate surface area is 242 Å². The molecule has 12 heteroatoms. The largest absolute Gasteiger partial charge is 0.484 e. The van der Waals surface area contributed by atoms with E-state index in [0.29, 0.717) is 34.7 Å². The van der Waals surface area contributed by atoms with Crippen LogP contribution in [0.1, 0.15) is 42.3 Å². The molecule has 3 aromatic carbocycles. The fourth-order valence-electron chi connectivity index (χ4n) is 4.99. The molecule has 0 bridgehead atoms. The Balaban J connectivity index is 1.47. The summed E-state index contributed by atoms with van der Waals surface area (Å²) in [4.78, 5) is 27.1. The molecule has 2 heterocycles. The van der Waals surface area contributed by atoms with Crippen LogP contribution in [0.2, 0.25) is 0 Å². The number of alkyl halides is 2. The average molecular weight is 597 g/mol. The van der Waals surface area contributed by atoms with Gasteiger partial charge in [0, 0.05) is 17.9 Å². The molecule has 0 saturated carbocycles. The summed E-state index contributed by atoms with van der Waals surface area (Å²) in [5.41, 5.74) is 1.60. The minimum atomic E-state index is -3.55. The summed E-state index contributed by atoms with van der Waals surface area (Å²) in [6.45, 7) is 2.12. The van der Waals surface area contributed by atoms with E-state index in [0.717, 1.165) is 0 Å². The van der Waals surface area contributed by atoms with Gasteiger partial charge in [0.1, 0.15) is 11.9 Å². The van der Waals surface area contributed by atoms with Crippen LogP contribution in [0, 0.1) is 0 Å². The van der Waals surface area contributed by atoms with Crippen LogP contribution in [0.25, 0.3) is 10.9 Å². The summed E-state index contributed by atoms with van der Waals surface area (Å²) in [5.74, 6) is -5.16. The van der Waals surface area contributed by atoms with Gasteiger partial charge in [0.15, 0.2) is 9.84 Å². The molecule has 5 rings (SSSR count). The number of fused-ring (bicyclic) bond motifs is 1. The molecule has 42 heavy (non-hydrogen) atoms. The van der Waals surface area contributed by atoms with Crippen molar-refractivity contribution in [2.24, 2.45) is 0 Å². The van der Waals surface area contributed by atoms with E-state index in [-0.39, 0.29) is 23.8 Å². The molecule has 0 aliphatic carbocycles. The number of hydrogen-bond acceptors (Lipinski definition) is 6. The Kier molecular flexibility index (Phi) is 8.00. The lowest BCUT2D eigenvalue weighted by atomic mass is 10.0. The topological polar surface area (TPSA) is 111 Å². The maximum Gasteiger partial charge on any atom is 0.321 e. The Morgan fingerprint density at radius 1 is 1.07 bits per heavy atom. The number of amides is 2. The fraction of sp³-hybridized carbons (Fsp3) is 0.300. The summed E-state index contributed by atoms with van der Waals surface area (Å²) in [7, 11) is -3.31. The molecule has 1 aromatic heterocycles. The van der Waals surface area contributed by atoms with Gasteiger partial charge < -0.3 is 10.1 Å². The number of halogens is 2. The van der Waals surface area contributed by atoms with Crippen LogP contribution >= 0.6 is 0 Å². The first-order valence-electron chi connectivity index (χ1n) is 13.4. The van der Waals surface area contributed by atoms with Crippen molar-refractivity contribution in [3.63, 3.8) is 0 Å². The predicted octanol–water partition coefficient (Wildman–Crippen LogP) is 4.28. The molecule has 1 unspecified atom stereocenters.